The SMILES string of the molecule is CC1CCCC(Nc2c(F)cc([N+](=O)[O-])cc2F)C1C. The van der Waals surface area contributed by atoms with Gasteiger partial charge in [0.15, 0.2) is 11.6 Å². The van der Waals surface area contributed by atoms with E-state index in [1.165, 1.54) is 0 Å². The second-order valence-electron chi connectivity index (χ2n) is 5.56. The second-order valence-corrected chi connectivity index (χ2v) is 5.56. The molecular weight excluding hydrogens is 266 g/mol. The van der Waals surface area contributed by atoms with Crippen molar-refractivity contribution in [1.82, 2.24) is 0 Å². The number of hydrogen-bond acceptors (Lipinski definition) is 3. The van der Waals surface area contributed by atoms with Gasteiger partial charge in [0.05, 0.1) is 17.1 Å². The number of nitrogens with one attached hydrogen (secondary N) is 1. The lowest BCUT2D eigenvalue weighted by Crippen LogP contribution is -2.35. The van der Waals surface area contributed by atoms with Gasteiger partial charge in [-0.15, -0.1) is 0 Å². The topological polar surface area (TPSA) is 55.2 Å². The highest BCUT2D eigenvalue weighted by atomic mass is 19.1. The number of nitro groups is 1. The number of halogens is 2. The zero-order valence-electron chi connectivity index (χ0n) is 11.5. The highest BCUT2D eigenvalue weighted by Crippen LogP contribution is 2.33. The first-order chi connectivity index (χ1) is 9.40. The van der Waals surface area contributed by atoms with Crippen LogP contribution in [-0.2, 0) is 0 Å². The van der Waals surface area contributed by atoms with Crippen LogP contribution in [0, 0.1) is 33.6 Å². The Bertz CT molecular complexity index is 499. The molecule has 1 aliphatic carbocycles. The van der Waals surface area contributed by atoms with E-state index in [-0.39, 0.29) is 11.7 Å². The third-order valence-corrected chi connectivity index (χ3v) is 4.27. The lowest BCUT2D eigenvalue weighted by atomic mass is 9.78. The van der Waals surface area contributed by atoms with Crippen LogP contribution in [0.3, 0.4) is 0 Å². The highest BCUT2D eigenvalue weighted by Gasteiger charge is 2.29. The minimum Gasteiger partial charge on any atom is -0.377 e. The molecule has 0 aromatic heterocycles. The Morgan fingerprint density at radius 1 is 1.25 bits per heavy atom. The van der Waals surface area contributed by atoms with Gasteiger partial charge in [0, 0.05) is 6.04 Å². The van der Waals surface area contributed by atoms with E-state index < -0.39 is 22.2 Å². The van der Waals surface area contributed by atoms with E-state index in [4.69, 9.17) is 0 Å². The van der Waals surface area contributed by atoms with E-state index in [0.29, 0.717) is 11.8 Å². The van der Waals surface area contributed by atoms with Crippen LogP contribution in [-0.4, -0.2) is 11.0 Å². The van der Waals surface area contributed by atoms with Crippen molar-refractivity contribution in [3.05, 3.63) is 33.9 Å². The van der Waals surface area contributed by atoms with E-state index in [0.717, 1.165) is 31.4 Å². The predicted molar refractivity (Wildman–Crippen MR) is 72.6 cm³/mol. The number of anilines is 1. The zero-order chi connectivity index (χ0) is 14.9. The molecule has 1 saturated carbocycles. The molecule has 1 aromatic rings. The van der Waals surface area contributed by atoms with Crippen molar-refractivity contribution in [3.8, 4) is 0 Å². The average Bonchev–Trinajstić information content (AvgIpc) is 2.38. The fourth-order valence-electron chi connectivity index (χ4n) is 2.77. The summed E-state index contributed by atoms with van der Waals surface area (Å²) in [5.41, 5.74) is -0.836. The van der Waals surface area contributed by atoms with Gasteiger partial charge in [-0.05, 0) is 18.3 Å². The Hall–Kier alpha value is -1.72. The van der Waals surface area contributed by atoms with Crippen LogP contribution in [0.4, 0.5) is 20.2 Å². The van der Waals surface area contributed by atoms with Crippen molar-refractivity contribution < 1.29 is 13.7 Å². The standard InChI is InChI=1S/C14H18F2N2O2/c1-8-4-3-5-13(9(8)2)17-14-11(15)6-10(18(19)20)7-12(14)16/h6-9,13,17H,3-5H2,1-2H3. The normalized spacial score (nSPS) is 26.3. The molecule has 0 radical (unpaired) electrons. The Morgan fingerprint density at radius 2 is 1.85 bits per heavy atom. The van der Waals surface area contributed by atoms with Crippen molar-refractivity contribution in [1.29, 1.82) is 0 Å². The summed E-state index contributed by atoms with van der Waals surface area (Å²) in [6.45, 7) is 4.18. The van der Waals surface area contributed by atoms with E-state index in [1.807, 2.05) is 0 Å². The van der Waals surface area contributed by atoms with E-state index in [1.54, 1.807) is 0 Å². The highest BCUT2D eigenvalue weighted by molar-refractivity contribution is 5.52. The van der Waals surface area contributed by atoms with Gasteiger partial charge in [0.1, 0.15) is 5.69 Å². The fraction of sp³-hybridized carbons (Fsp3) is 0.571. The maximum atomic E-state index is 13.8. The van der Waals surface area contributed by atoms with Crippen molar-refractivity contribution >= 4 is 11.4 Å². The van der Waals surface area contributed by atoms with Crippen molar-refractivity contribution in [2.75, 3.05) is 5.32 Å². The Labute approximate surface area is 116 Å². The molecule has 0 bridgehead atoms. The van der Waals surface area contributed by atoms with Gasteiger partial charge >= 0.3 is 0 Å². The maximum absolute atomic E-state index is 13.8. The van der Waals surface area contributed by atoms with Gasteiger partial charge in [-0.2, -0.15) is 0 Å². The molecule has 0 spiro atoms. The minimum atomic E-state index is -0.915. The van der Waals surface area contributed by atoms with Crippen LogP contribution in [0.5, 0.6) is 0 Å². The van der Waals surface area contributed by atoms with Gasteiger partial charge in [0.25, 0.3) is 5.69 Å². The fourth-order valence-corrected chi connectivity index (χ4v) is 2.77. The van der Waals surface area contributed by atoms with Crippen molar-refractivity contribution in [2.24, 2.45) is 11.8 Å². The first-order valence-electron chi connectivity index (χ1n) is 6.80. The summed E-state index contributed by atoms with van der Waals surface area (Å²) >= 11 is 0. The average molecular weight is 284 g/mol. The molecule has 110 valence electrons. The molecular formula is C14H18F2N2O2. The lowest BCUT2D eigenvalue weighted by Gasteiger charge is -2.35. The molecule has 6 heteroatoms. The molecule has 1 fully saturated rings. The molecule has 3 unspecified atom stereocenters. The second kappa shape index (κ2) is 5.73. The third kappa shape index (κ3) is 2.89. The molecule has 20 heavy (non-hydrogen) atoms. The molecule has 3 atom stereocenters. The summed E-state index contributed by atoms with van der Waals surface area (Å²) in [7, 11) is 0. The summed E-state index contributed by atoms with van der Waals surface area (Å²) < 4.78 is 27.7. The van der Waals surface area contributed by atoms with Crippen LogP contribution in [0.1, 0.15) is 33.1 Å². The van der Waals surface area contributed by atoms with E-state index in [9.17, 15) is 18.9 Å². The van der Waals surface area contributed by atoms with Gasteiger partial charge in [0.2, 0.25) is 0 Å². The quantitative estimate of drug-likeness (QED) is 0.671. The van der Waals surface area contributed by atoms with Gasteiger partial charge in [-0.25, -0.2) is 8.78 Å². The first-order valence-corrected chi connectivity index (χ1v) is 6.80. The van der Waals surface area contributed by atoms with Crippen molar-refractivity contribution in [2.45, 2.75) is 39.2 Å². The molecule has 0 aliphatic heterocycles. The van der Waals surface area contributed by atoms with Crippen LogP contribution in [0.15, 0.2) is 12.1 Å². The lowest BCUT2D eigenvalue weighted by molar-refractivity contribution is -0.385. The third-order valence-electron chi connectivity index (χ3n) is 4.27. The van der Waals surface area contributed by atoms with Crippen LogP contribution >= 0.6 is 0 Å². The Kier molecular flexibility index (Phi) is 4.20. The molecule has 0 heterocycles. The molecule has 1 N–H and O–H groups in total. The van der Waals surface area contributed by atoms with Crippen molar-refractivity contribution in [3.63, 3.8) is 0 Å². The van der Waals surface area contributed by atoms with E-state index in [2.05, 4.69) is 19.2 Å². The largest absolute Gasteiger partial charge is 0.377 e. The van der Waals surface area contributed by atoms with Crippen LogP contribution in [0.2, 0.25) is 0 Å². The Balaban J connectivity index is 2.23. The predicted octanol–water partition coefficient (Wildman–Crippen LogP) is 4.11. The summed E-state index contributed by atoms with van der Waals surface area (Å²) in [4.78, 5) is 9.75. The zero-order valence-corrected chi connectivity index (χ0v) is 11.5. The number of non-ortho nitro benzene ring substituents is 1. The summed E-state index contributed by atoms with van der Waals surface area (Å²) in [6, 6.07) is 1.49. The van der Waals surface area contributed by atoms with Gasteiger partial charge in [-0.3, -0.25) is 10.1 Å². The Morgan fingerprint density at radius 3 is 2.40 bits per heavy atom. The summed E-state index contributed by atoms with van der Waals surface area (Å²) in [5.74, 6) is -1.03. The molecule has 1 aromatic carbocycles. The van der Waals surface area contributed by atoms with Gasteiger partial charge in [-0.1, -0.05) is 26.7 Å². The monoisotopic (exact) mass is 284 g/mol. The number of nitrogens with zero attached hydrogens (tertiary/aromatic N) is 1. The van der Waals surface area contributed by atoms with Crippen LogP contribution in [0.25, 0.3) is 0 Å². The van der Waals surface area contributed by atoms with E-state index >= 15 is 0 Å². The number of rotatable bonds is 3. The molecule has 1 aliphatic rings. The molecule has 4 nitrogen and oxygen atoms in total. The minimum absolute atomic E-state index is 0.00999. The number of nitro benzene ring substituents is 1. The molecule has 0 amide bonds. The maximum Gasteiger partial charge on any atom is 0.275 e. The molecule has 2 rings (SSSR count). The van der Waals surface area contributed by atoms with Gasteiger partial charge < -0.3 is 5.32 Å². The molecule has 0 saturated heterocycles. The number of benzene rings is 1. The van der Waals surface area contributed by atoms with Crippen LogP contribution < -0.4 is 5.32 Å². The smallest absolute Gasteiger partial charge is 0.275 e. The number of hydrogen-bond donors (Lipinski definition) is 1. The first kappa shape index (κ1) is 14.7. The summed E-state index contributed by atoms with van der Waals surface area (Å²) in [5, 5.41) is 13.4. The summed E-state index contributed by atoms with van der Waals surface area (Å²) in [6.07, 6.45) is 2.98.